The monoisotopic (exact) mass is 279 g/mol. The van der Waals surface area contributed by atoms with Gasteiger partial charge in [-0.05, 0) is 30.7 Å². The number of sulfonamides is 1. The van der Waals surface area contributed by atoms with Crippen LogP contribution in [0.25, 0.3) is 0 Å². The van der Waals surface area contributed by atoms with Crippen molar-refractivity contribution in [2.75, 3.05) is 24.2 Å². The average molecular weight is 279 g/mol. The summed E-state index contributed by atoms with van der Waals surface area (Å²) < 4.78 is 24.3. The van der Waals surface area contributed by atoms with E-state index in [9.17, 15) is 13.2 Å². The molecule has 100 valence electrons. The highest BCUT2D eigenvalue weighted by Crippen LogP contribution is 2.13. The number of anilines is 1. The van der Waals surface area contributed by atoms with Crippen LogP contribution in [0.1, 0.15) is 12.0 Å². The van der Waals surface area contributed by atoms with Crippen LogP contribution in [0.5, 0.6) is 0 Å². The molecule has 0 bridgehead atoms. The molecule has 1 aromatic carbocycles. The van der Waals surface area contributed by atoms with Gasteiger partial charge in [0, 0.05) is 12.2 Å². The van der Waals surface area contributed by atoms with Gasteiger partial charge < -0.3 is 5.32 Å². The van der Waals surface area contributed by atoms with E-state index in [4.69, 9.17) is 5.26 Å². The van der Waals surface area contributed by atoms with Gasteiger partial charge in [0.15, 0.2) is 0 Å². The third-order valence-corrected chi connectivity index (χ3v) is 4.72. The fourth-order valence-electron chi connectivity index (χ4n) is 1.86. The Labute approximate surface area is 111 Å². The van der Waals surface area contributed by atoms with E-state index in [-0.39, 0.29) is 18.2 Å². The quantitative estimate of drug-likeness (QED) is 0.874. The second kappa shape index (κ2) is 5.38. The molecule has 0 aliphatic carbocycles. The largest absolute Gasteiger partial charge is 0.325 e. The Morgan fingerprint density at radius 3 is 2.58 bits per heavy atom. The van der Waals surface area contributed by atoms with Crippen LogP contribution in [0.3, 0.4) is 0 Å². The van der Waals surface area contributed by atoms with Gasteiger partial charge in [-0.2, -0.15) is 9.57 Å². The van der Waals surface area contributed by atoms with Gasteiger partial charge in [0.1, 0.15) is 0 Å². The molecule has 0 unspecified atom stereocenters. The Morgan fingerprint density at radius 2 is 2.05 bits per heavy atom. The first-order valence-corrected chi connectivity index (χ1v) is 7.40. The molecule has 1 heterocycles. The van der Waals surface area contributed by atoms with Gasteiger partial charge >= 0.3 is 0 Å². The summed E-state index contributed by atoms with van der Waals surface area (Å²) in [7, 11) is -3.26. The first-order valence-electron chi connectivity index (χ1n) is 5.79. The first-order chi connectivity index (χ1) is 9.01. The number of hydrogen-bond donors (Lipinski definition) is 1. The van der Waals surface area contributed by atoms with E-state index in [0.29, 0.717) is 24.2 Å². The number of benzene rings is 1. The molecule has 2 rings (SSSR count). The van der Waals surface area contributed by atoms with Crippen LogP contribution in [0.15, 0.2) is 24.3 Å². The molecule has 1 aromatic rings. The second-order valence-electron chi connectivity index (χ2n) is 4.24. The number of nitriles is 1. The molecule has 0 spiro atoms. The maximum Gasteiger partial charge on any atom is 0.239 e. The number of carbonyl (C=O) groups is 1. The molecule has 19 heavy (non-hydrogen) atoms. The molecule has 7 heteroatoms. The average Bonchev–Trinajstić information content (AvgIpc) is 2.69. The zero-order chi connectivity index (χ0) is 13.9. The van der Waals surface area contributed by atoms with Crippen LogP contribution >= 0.6 is 0 Å². The van der Waals surface area contributed by atoms with Gasteiger partial charge in [-0.3, -0.25) is 4.79 Å². The van der Waals surface area contributed by atoms with Crippen LogP contribution in [0.2, 0.25) is 0 Å². The lowest BCUT2D eigenvalue weighted by Crippen LogP contribution is -2.34. The van der Waals surface area contributed by atoms with E-state index in [2.05, 4.69) is 5.32 Å². The van der Waals surface area contributed by atoms with Crippen molar-refractivity contribution in [3.8, 4) is 6.07 Å². The number of nitrogens with zero attached hydrogens (tertiary/aromatic N) is 2. The summed E-state index contributed by atoms with van der Waals surface area (Å²) in [6.07, 6.45) is 0.562. The SMILES string of the molecule is N#Cc1ccc(NC(=O)CN2CCCS2(=O)=O)cc1. The van der Waals surface area contributed by atoms with Gasteiger partial charge in [0.2, 0.25) is 15.9 Å². The summed E-state index contributed by atoms with van der Waals surface area (Å²) in [6.45, 7) is 0.228. The van der Waals surface area contributed by atoms with Crippen molar-refractivity contribution in [2.45, 2.75) is 6.42 Å². The minimum Gasteiger partial charge on any atom is -0.325 e. The topological polar surface area (TPSA) is 90.3 Å². The lowest BCUT2D eigenvalue weighted by molar-refractivity contribution is -0.116. The number of hydrogen-bond acceptors (Lipinski definition) is 4. The van der Waals surface area contributed by atoms with E-state index < -0.39 is 10.0 Å². The minimum absolute atomic E-state index is 0.108. The molecule has 1 fully saturated rings. The van der Waals surface area contributed by atoms with Gasteiger partial charge in [0.05, 0.1) is 23.9 Å². The molecule has 0 atom stereocenters. The van der Waals surface area contributed by atoms with Crippen molar-refractivity contribution in [3.05, 3.63) is 29.8 Å². The highest BCUT2D eigenvalue weighted by Gasteiger charge is 2.29. The number of nitrogens with one attached hydrogen (secondary N) is 1. The van der Waals surface area contributed by atoms with E-state index in [1.807, 2.05) is 6.07 Å². The molecule has 1 saturated heterocycles. The van der Waals surface area contributed by atoms with Gasteiger partial charge in [-0.1, -0.05) is 0 Å². The van der Waals surface area contributed by atoms with Crippen molar-refractivity contribution in [3.63, 3.8) is 0 Å². The summed E-state index contributed by atoms with van der Waals surface area (Å²) in [5.41, 5.74) is 1.04. The smallest absolute Gasteiger partial charge is 0.239 e. The highest BCUT2D eigenvalue weighted by molar-refractivity contribution is 7.89. The van der Waals surface area contributed by atoms with Crippen LogP contribution in [0, 0.1) is 11.3 Å². The molecule has 1 amide bonds. The van der Waals surface area contributed by atoms with Gasteiger partial charge in [-0.15, -0.1) is 0 Å². The maximum atomic E-state index is 11.7. The molecule has 1 N–H and O–H groups in total. The van der Waals surface area contributed by atoms with Crippen molar-refractivity contribution < 1.29 is 13.2 Å². The summed E-state index contributed by atoms with van der Waals surface area (Å²) in [5.74, 6) is -0.271. The van der Waals surface area contributed by atoms with E-state index in [1.54, 1.807) is 24.3 Å². The number of amides is 1. The number of carbonyl (C=O) groups excluding carboxylic acids is 1. The Balaban J connectivity index is 1.96. The maximum absolute atomic E-state index is 11.7. The zero-order valence-corrected chi connectivity index (χ0v) is 11.0. The van der Waals surface area contributed by atoms with E-state index in [1.165, 1.54) is 4.31 Å². The minimum atomic E-state index is -3.26. The van der Waals surface area contributed by atoms with Crippen molar-refractivity contribution in [2.24, 2.45) is 0 Å². The first kappa shape index (κ1) is 13.5. The summed E-state index contributed by atoms with van der Waals surface area (Å²) in [4.78, 5) is 11.7. The zero-order valence-electron chi connectivity index (χ0n) is 10.2. The van der Waals surface area contributed by atoms with Crippen LogP contribution in [-0.2, 0) is 14.8 Å². The summed E-state index contributed by atoms with van der Waals surface area (Å²) >= 11 is 0. The molecule has 0 radical (unpaired) electrons. The second-order valence-corrected chi connectivity index (χ2v) is 6.33. The fourth-order valence-corrected chi connectivity index (χ4v) is 3.33. The van der Waals surface area contributed by atoms with Crippen molar-refractivity contribution in [1.29, 1.82) is 5.26 Å². The van der Waals surface area contributed by atoms with Crippen molar-refractivity contribution in [1.82, 2.24) is 4.31 Å². The van der Waals surface area contributed by atoms with Crippen molar-refractivity contribution >= 4 is 21.6 Å². The Morgan fingerprint density at radius 1 is 1.37 bits per heavy atom. The lowest BCUT2D eigenvalue weighted by Gasteiger charge is -2.13. The number of rotatable bonds is 3. The van der Waals surface area contributed by atoms with Crippen LogP contribution < -0.4 is 5.32 Å². The van der Waals surface area contributed by atoms with Gasteiger partial charge in [-0.25, -0.2) is 8.42 Å². The molecule has 0 aromatic heterocycles. The molecule has 1 aliphatic rings. The third kappa shape index (κ3) is 3.30. The molecule has 6 nitrogen and oxygen atoms in total. The molecule has 0 saturated carbocycles. The summed E-state index contributed by atoms with van der Waals surface area (Å²) in [6, 6.07) is 8.36. The molecular weight excluding hydrogens is 266 g/mol. The molecular formula is C12H13N3O3S. The normalized spacial score (nSPS) is 17.8. The third-order valence-electron chi connectivity index (χ3n) is 2.82. The van der Waals surface area contributed by atoms with Crippen LogP contribution in [-0.4, -0.2) is 37.5 Å². The predicted octanol–water partition coefficient (Wildman–Crippen LogP) is 0.532. The Hall–Kier alpha value is -1.91. The predicted molar refractivity (Wildman–Crippen MR) is 69.8 cm³/mol. The Kier molecular flexibility index (Phi) is 3.83. The van der Waals surface area contributed by atoms with Crippen LogP contribution in [0.4, 0.5) is 5.69 Å². The van der Waals surface area contributed by atoms with E-state index in [0.717, 1.165) is 0 Å². The fraction of sp³-hybridized carbons (Fsp3) is 0.333. The molecule has 1 aliphatic heterocycles. The Bertz CT molecular complexity index is 617. The summed E-state index contributed by atoms with van der Waals surface area (Å²) in [5, 5.41) is 11.3. The van der Waals surface area contributed by atoms with Gasteiger partial charge in [0.25, 0.3) is 0 Å². The van der Waals surface area contributed by atoms with E-state index >= 15 is 0 Å². The highest BCUT2D eigenvalue weighted by atomic mass is 32.2. The standard InChI is InChI=1S/C12H13N3O3S/c13-8-10-2-4-11(5-3-10)14-12(16)9-15-6-1-7-19(15,17)18/h2-5H,1,6-7,9H2,(H,14,16). The lowest BCUT2D eigenvalue weighted by atomic mass is 10.2.